The average molecular weight is 185 g/mol. The lowest BCUT2D eigenvalue weighted by atomic mass is 10.2. The Balaban J connectivity index is 2.39. The van der Waals surface area contributed by atoms with Gasteiger partial charge in [0.05, 0.1) is 5.69 Å². The predicted octanol–water partition coefficient (Wildman–Crippen LogP) is 1.35. The van der Waals surface area contributed by atoms with Crippen LogP contribution in [0.25, 0.3) is 11.3 Å². The highest BCUT2D eigenvalue weighted by Crippen LogP contribution is 2.13. The van der Waals surface area contributed by atoms with Gasteiger partial charge < -0.3 is 0 Å². The number of carbonyl (C=O) groups excluding carboxylic acids is 1. The number of hydrogen-bond donors (Lipinski definition) is 0. The molecule has 2 heterocycles. The maximum atomic E-state index is 10.4. The molecular formula is C10H7N3O. The minimum atomic E-state index is 0.414. The maximum Gasteiger partial charge on any atom is 0.168 e. The van der Waals surface area contributed by atoms with E-state index in [4.69, 9.17) is 0 Å². The zero-order valence-electron chi connectivity index (χ0n) is 7.29. The van der Waals surface area contributed by atoms with Gasteiger partial charge in [-0.3, -0.25) is 9.78 Å². The maximum absolute atomic E-state index is 10.4. The molecule has 0 unspecified atom stereocenters. The summed E-state index contributed by atoms with van der Waals surface area (Å²) in [5.74, 6) is 0. The summed E-state index contributed by atoms with van der Waals surface area (Å²) in [5, 5.41) is 7.68. The first kappa shape index (κ1) is 8.50. The first-order valence-electron chi connectivity index (χ1n) is 4.09. The van der Waals surface area contributed by atoms with Crippen LogP contribution in [-0.2, 0) is 0 Å². The van der Waals surface area contributed by atoms with Crippen LogP contribution >= 0.6 is 0 Å². The molecule has 0 radical (unpaired) electrons. The first-order chi connectivity index (χ1) is 6.90. The van der Waals surface area contributed by atoms with Crippen LogP contribution in [0.15, 0.2) is 36.7 Å². The summed E-state index contributed by atoms with van der Waals surface area (Å²) in [5.41, 5.74) is 2.01. The molecule has 0 fully saturated rings. The fraction of sp³-hybridized carbons (Fsp3) is 0. The van der Waals surface area contributed by atoms with Crippen molar-refractivity contribution in [2.75, 3.05) is 0 Å². The number of hydrogen-bond acceptors (Lipinski definition) is 4. The number of carbonyl (C=O) groups is 1. The minimum Gasteiger partial charge on any atom is -0.296 e. The van der Waals surface area contributed by atoms with E-state index in [1.54, 1.807) is 30.6 Å². The van der Waals surface area contributed by atoms with Crippen molar-refractivity contribution in [3.8, 4) is 11.3 Å². The van der Waals surface area contributed by atoms with Crippen molar-refractivity contribution in [3.63, 3.8) is 0 Å². The smallest absolute Gasteiger partial charge is 0.168 e. The highest BCUT2D eigenvalue weighted by molar-refractivity contribution is 5.72. The summed E-state index contributed by atoms with van der Waals surface area (Å²) in [6.07, 6.45) is 3.92. The average Bonchev–Trinajstić information content (AvgIpc) is 2.30. The Morgan fingerprint density at radius 2 is 2.14 bits per heavy atom. The number of aldehydes is 1. The van der Waals surface area contributed by atoms with Gasteiger partial charge in [0.1, 0.15) is 5.69 Å². The van der Waals surface area contributed by atoms with Gasteiger partial charge in [-0.15, -0.1) is 0 Å². The van der Waals surface area contributed by atoms with E-state index >= 15 is 0 Å². The highest BCUT2D eigenvalue weighted by Gasteiger charge is 1.98. The topological polar surface area (TPSA) is 55.7 Å². The van der Waals surface area contributed by atoms with Crippen molar-refractivity contribution in [1.82, 2.24) is 15.2 Å². The van der Waals surface area contributed by atoms with Crippen LogP contribution in [0.5, 0.6) is 0 Å². The molecule has 0 spiro atoms. The van der Waals surface area contributed by atoms with E-state index in [-0.39, 0.29) is 0 Å². The molecule has 14 heavy (non-hydrogen) atoms. The lowest BCUT2D eigenvalue weighted by Gasteiger charge is -1.97. The predicted molar refractivity (Wildman–Crippen MR) is 50.7 cm³/mol. The quantitative estimate of drug-likeness (QED) is 0.662. The molecule has 0 aliphatic rings. The molecule has 0 aromatic carbocycles. The lowest BCUT2D eigenvalue weighted by molar-refractivity contribution is 0.111. The molecule has 0 bridgehead atoms. The van der Waals surface area contributed by atoms with Crippen LogP contribution in [0, 0.1) is 0 Å². The Kier molecular flexibility index (Phi) is 2.27. The molecule has 0 aliphatic heterocycles. The molecule has 4 nitrogen and oxygen atoms in total. The van der Waals surface area contributed by atoms with Crippen LogP contribution in [0.4, 0.5) is 0 Å². The molecule has 2 aromatic rings. The van der Waals surface area contributed by atoms with E-state index in [2.05, 4.69) is 15.2 Å². The normalized spacial score (nSPS) is 9.71. The van der Waals surface area contributed by atoms with Crippen molar-refractivity contribution in [3.05, 3.63) is 42.4 Å². The summed E-state index contributed by atoms with van der Waals surface area (Å²) in [4.78, 5) is 14.3. The first-order valence-corrected chi connectivity index (χ1v) is 4.09. The molecule has 0 saturated heterocycles. The summed E-state index contributed by atoms with van der Waals surface area (Å²) in [7, 11) is 0. The van der Waals surface area contributed by atoms with Crippen molar-refractivity contribution in [2.24, 2.45) is 0 Å². The zero-order chi connectivity index (χ0) is 9.80. The number of aromatic nitrogens is 3. The van der Waals surface area contributed by atoms with Crippen LogP contribution in [0.1, 0.15) is 10.5 Å². The fourth-order valence-corrected chi connectivity index (χ4v) is 1.08. The highest BCUT2D eigenvalue weighted by atomic mass is 16.1. The van der Waals surface area contributed by atoms with Gasteiger partial charge in [-0.2, -0.15) is 10.2 Å². The monoisotopic (exact) mass is 185 g/mol. The standard InChI is InChI=1S/C10H7N3O/c14-7-9-4-3-8(6-11-9)10-2-1-5-12-13-10/h1-7H. The second kappa shape index (κ2) is 3.74. The van der Waals surface area contributed by atoms with Gasteiger partial charge in [0.2, 0.25) is 0 Å². The van der Waals surface area contributed by atoms with Crippen LogP contribution in [0.3, 0.4) is 0 Å². The molecule has 4 heteroatoms. The van der Waals surface area contributed by atoms with E-state index in [9.17, 15) is 4.79 Å². The molecule has 0 amide bonds. The second-order valence-corrected chi connectivity index (χ2v) is 2.70. The third-order valence-electron chi connectivity index (χ3n) is 1.78. The van der Waals surface area contributed by atoms with Gasteiger partial charge >= 0.3 is 0 Å². The number of pyridine rings is 1. The van der Waals surface area contributed by atoms with E-state index < -0.39 is 0 Å². The Morgan fingerprint density at radius 1 is 1.21 bits per heavy atom. The lowest BCUT2D eigenvalue weighted by Crippen LogP contribution is -1.89. The van der Waals surface area contributed by atoms with Gasteiger partial charge in [0.25, 0.3) is 0 Å². The van der Waals surface area contributed by atoms with Gasteiger partial charge in [0.15, 0.2) is 6.29 Å². The Labute approximate surface area is 80.6 Å². The molecule has 0 aliphatic carbocycles. The van der Waals surface area contributed by atoms with Crippen molar-refractivity contribution >= 4 is 6.29 Å². The summed E-state index contributed by atoms with van der Waals surface area (Å²) in [6.45, 7) is 0. The molecule has 0 N–H and O–H groups in total. The molecule has 0 saturated carbocycles. The number of rotatable bonds is 2. The second-order valence-electron chi connectivity index (χ2n) is 2.70. The molecule has 2 aromatic heterocycles. The Hall–Kier alpha value is -2.10. The van der Waals surface area contributed by atoms with Gasteiger partial charge in [-0.05, 0) is 24.3 Å². The summed E-state index contributed by atoms with van der Waals surface area (Å²) < 4.78 is 0. The SMILES string of the molecule is O=Cc1ccc(-c2cccnn2)cn1. The Morgan fingerprint density at radius 3 is 2.71 bits per heavy atom. The minimum absolute atomic E-state index is 0.414. The van der Waals surface area contributed by atoms with E-state index in [1.165, 1.54) is 0 Å². The molecule has 2 rings (SSSR count). The van der Waals surface area contributed by atoms with Crippen LogP contribution < -0.4 is 0 Å². The summed E-state index contributed by atoms with van der Waals surface area (Å²) >= 11 is 0. The molecule has 68 valence electrons. The fourth-order valence-electron chi connectivity index (χ4n) is 1.08. The number of nitrogens with zero attached hydrogens (tertiary/aromatic N) is 3. The van der Waals surface area contributed by atoms with E-state index in [0.717, 1.165) is 11.3 Å². The Bertz CT molecular complexity index is 425. The molecule has 0 atom stereocenters. The van der Waals surface area contributed by atoms with Crippen molar-refractivity contribution in [2.45, 2.75) is 0 Å². The van der Waals surface area contributed by atoms with Crippen LogP contribution in [-0.4, -0.2) is 21.5 Å². The third kappa shape index (κ3) is 1.64. The van der Waals surface area contributed by atoms with Gasteiger partial charge in [-0.25, -0.2) is 0 Å². The van der Waals surface area contributed by atoms with E-state index in [0.29, 0.717) is 12.0 Å². The molecular weight excluding hydrogens is 178 g/mol. The zero-order valence-corrected chi connectivity index (χ0v) is 7.29. The third-order valence-corrected chi connectivity index (χ3v) is 1.78. The summed E-state index contributed by atoms with van der Waals surface area (Å²) in [6, 6.07) is 7.08. The van der Waals surface area contributed by atoms with Gasteiger partial charge in [0, 0.05) is 18.0 Å². The largest absolute Gasteiger partial charge is 0.296 e. The van der Waals surface area contributed by atoms with Crippen molar-refractivity contribution < 1.29 is 4.79 Å². The van der Waals surface area contributed by atoms with Crippen LogP contribution in [0.2, 0.25) is 0 Å². The van der Waals surface area contributed by atoms with Crippen molar-refractivity contribution in [1.29, 1.82) is 0 Å². The van der Waals surface area contributed by atoms with E-state index in [1.807, 2.05) is 6.07 Å². The van der Waals surface area contributed by atoms with Gasteiger partial charge in [-0.1, -0.05) is 0 Å².